The van der Waals surface area contributed by atoms with E-state index in [2.05, 4.69) is 19.9 Å². The van der Waals surface area contributed by atoms with Gasteiger partial charge in [-0.2, -0.15) is 0 Å². The number of hydrogen-bond donors (Lipinski definition) is 2. The highest BCUT2D eigenvalue weighted by atomic mass is 16.6. The van der Waals surface area contributed by atoms with Crippen LogP contribution >= 0.6 is 0 Å². The van der Waals surface area contributed by atoms with Gasteiger partial charge in [0.25, 0.3) is 0 Å². The van der Waals surface area contributed by atoms with E-state index >= 15 is 0 Å². The first kappa shape index (κ1) is 26.6. The first-order valence-corrected chi connectivity index (χ1v) is 13.2. The zero-order chi connectivity index (χ0) is 29.1. The van der Waals surface area contributed by atoms with E-state index in [9.17, 15) is 9.59 Å². The Kier molecular flexibility index (Phi) is 7.25. The second kappa shape index (κ2) is 11.5. The summed E-state index contributed by atoms with van der Waals surface area (Å²) in [6.45, 7) is 0. The average molecular weight is 563 g/mol. The van der Waals surface area contributed by atoms with Gasteiger partial charge in [0.2, 0.25) is 0 Å². The number of benzene rings is 4. The van der Waals surface area contributed by atoms with Crippen LogP contribution < -0.4 is 18.9 Å². The van der Waals surface area contributed by atoms with Crippen LogP contribution in [0.4, 0.5) is 0 Å². The second-order valence-electron chi connectivity index (χ2n) is 9.38. The molecular weight excluding hydrogens is 536 g/mol. The fraction of sp³-hybridized carbons (Fsp3) is 0.125. The monoisotopic (exact) mass is 562 g/mol. The number of aromatic amines is 2. The number of H-pyrrole nitrogens is 2. The molecule has 42 heavy (non-hydrogen) atoms. The molecule has 0 bridgehead atoms. The topological polar surface area (TPSA) is 128 Å². The Morgan fingerprint density at radius 1 is 0.595 bits per heavy atom. The number of nitrogens with one attached hydrogen (secondary N) is 2. The van der Waals surface area contributed by atoms with Gasteiger partial charge in [0.05, 0.1) is 49.1 Å². The molecule has 210 valence electrons. The molecule has 2 aromatic heterocycles. The van der Waals surface area contributed by atoms with Crippen molar-refractivity contribution in [1.29, 1.82) is 0 Å². The van der Waals surface area contributed by atoms with Gasteiger partial charge in [0.15, 0.2) is 23.0 Å². The Morgan fingerprint density at radius 2 is 1.02 bits per heavy atom. The van der Waals surface area contributed by atoms with Crippen molar-refractivity contribution in [1.82, 2.24) is 19.9 Å². The molecule has 0 spiro atoms. The molecule has 0 saturated carbocycles. The van der Waals surface area contributed by atoms with E-state index in [0.717, 1.165) is 33.2 Å². The van der Waals surface area contributed by atoms with Crippen molar-refractivity contribution in [3.05, 3.63) is 84.9 Å². The fourth-order valence-corrected chi connectivity index (χ4v) is 4.53. The van der Waals surface area contributed by atoms with E-state index in [4.69, 9.17) is 18.9 Å². The first-order chi connectivity index (χ1) is 20.5. The Bertz CT molecular complexity index is 1720. The minimum absolute atomic E-state index is 0.188. The number of rotatable bonds is 9. The molecule has 0 unspecified atom stereocenters. The third kappa shape index (κ3) is 5.50. The fourth-order valence-electron chi connectivity index (χ4n) is 4.53. The zero-order valence-electron chi connectivity index (χ0n) is 22.8. The Hall–Kier alpha value is -5.64. The summed E-state index contributed by atoms with van der Waals surface area (Å²) in [6, 6.07) is 25.7. The lowest BCUT2D eigenvalue weighted by atomic mass is 10.2. The lowest BCUT2D eigenvalue weighted by molar-refractivity contribution is -0.140. The number of esters is 2. The van der Waals surface area contributed by atoms with Gasteiger partial charge in [-0.15, -0.1) is 0 Å². The first-order valence-electron chi connectivity index (χ1n) is 13.2. The van der Waals surface area contributed by atoms with Gasteiger partial charge in [-0.25, -0.2) is 9.97 Å². The number of ether oxygens (including phenoxy) is 4. The van der Waals surface area contributed by atoms with Crippen LogP contribution in [0.2, 0.25) is 0 Å². The van der Waals surface area contributed by atoms with Crippen molar-refractivity contribution < 1.29 is 28.5 Å². The van der Waals surface area contributed by atoms with Gasteiger partial charge in [0, 0.05) is 11.1 Å². The maximum atomic E-state index is 12.6. The number of fused-ring (bicyclic) bond motifs is 2. The molecule has 0 atom stereocenters. The Balaban J connectivity index is 1.07. The summed E-state index contributed by atoms with van der Waals surface area (Å²) >= 11 is 0. The number of imidazole rings is 2. The van der Waals surface area contributed by atoms with E-state index in [0.29, 0.717) is 23.1 Å². The predicted octanol–water partition coefficient (Wildman–Crippen LogP) is 6.08. The van der Waals surface area contributed by atoms with Crippen molar-refractivity contribution in [2.75, 3.05) is 14.2 Å². The number of hydrogen-bond acceptors (Lipinski definition) is 8. The molecule has 0 aliphatic carbocycles. The van der Waals surface area contributed by atoms with E-state index in [1.165, 1.54) is 14.2 Å². The predicted molar refractivity (Wildman–Crippen MR) is 157 cm³/mol. The third-order valence-electron chi connectivity index (χ3n) is 6.63. The molecule has 0 saturated heterocycles. The highest BCUT2D eigenvalue weighted by Gasteiger charge is 2.17. The summed E-state index contributed by atoms with van der Waals surface area (Å²) in [5.74, 6) is 1.31. The van der Waals surface area contributed by atoms with Crippen LogP contribution in [0, 0.1) is 0 Å². The van der Waals surface area contributed by atoms with Crippen molar-refractivity contribution in [2.24, 2.45) is 0 Å². The van der Waals surface area contributed by atoms with Crippen molar-refractivity contribution >= 4 is 34.0 Å². The van der Waals surface area contributed by atoms with Gasteiger partial charge in [-0.3, -0.25) is 9.59 Å². The molecule has 6 rings (SSSR count). The summed E-state index contributed by atoms with van der Waals surface area (Å²) in [5, 5.41) is 0. The van der Waals surface area contributed by atoms with Gasteiger partial charge in [-0.05, 0) is 60.7 Å². The number of aromatic nitrogens is 4. The quantitative estimate of drug-likeness (QED) is 0.160. The molecule has 0 radical (unpaired) electrons. The van der Waals surface area contributed by atoms with E-state index in [1.807, 2.05) is 48.5 Å². The normalized spacial score (nSPS) is 11.0. The van der Waals surface area contributed by atoms with Crippen LogP contribution in [0.15, 0.2) is 84.9 Å². The lowest BCUT2D eigenvalue weighted by Crippen LogP contribution is -2.14. The molecular formula is C32H26N4O6. The van der Waals surface area contributed by atoms with Gasteiger partial charge >= 0.3 is 11.9 Å². The summed E-state index contributed by atoms with van der Waals surface area (Å²) in [7, 11) is 2.97. The van der Waals surface area contributed by atoms with Gasteiger partial charge < -0.3 is 28.9 Å². The van der Waals surface area contributed by atoms with Crippen LogP contribution in [0.3, 0.4) is 0 Å². The summed E-state index contributed by atoms with van der Waals surface area (Å²) < 4.78 is 21.8. The van der Waals surface area contributed by atoms with Crippen molar-refractivity contribution in [3.63, 3.8) is 0 Å². The number of para-hydroxylation sites is 4. The number of carbonyl (C=O) groups is 2. The minimum atomic E-state index is -0.603. The third-order valence-corrected chi connectivity index (χ3v) is 6.63. The SMILES string of the molecule is COc1cc(-c2nc3ccccc3[nH]2)ccc1OC(=O)CCC(=O)Oc1ccc(-c2nc3ccccc3[nH]2)cc1OC. The van der Waals surface area contributed by atoms with Crippen molar-refractivity contribution in [2.45, 2.75) is 12.8 Å². The van der Waals surface area contributed by atoms with Gasteiger partial charge in [0.1, 0.15) is 11.6 Å². The summed E-state index contributed by atoms with van der Waals surface area (Å²) in [5.41, 5.74) is 5.04. The van der Waals surface area contributed by atoms with Crippen molar-refractivity contribution in [3.8, 4) is 45.8 Å². The molecule has 0 aliphatic rings. The van der Waals surface area contributed by atoms with E-state index in [-0.39, 0.29) is 24.3 Å². The van der Waals surface area contributed by atoms with Crippen LogP contribution in [0.1, 0.15) is 12.8 Å². The lowest BCUT2D eigenvalue weighted by Gasteiger charge is -2.11. The van der Waals surface area contributed by atoms with Crippen LogP contribution in [0.25, 0.3) is 44.8 Å². The van der Waals surface area contributed by atoms with E-state index in [1.54, 1.807) is 36.4 Å². The molecule has 4 aromatic carbocycles. The highest BCUT2D eigenvalue weighted by molar-refractivity contribution is 5.83. The molecule has 10 nitrogen and oxygen atoms in total. The largest absolute Gasteiger partial charge is 0.493 e. The zero-order valence-corrected chi connectivity index (χ0v) is 22.8. The molecule has 2 N–H and O–H groups in total. The average Bonchev–Trinajstić information content (AvgIpc) is 3.65. The Labute approximate surface area is 240 Å². The standard InChI is InChI=1S/C32H26N4O6/c1-39-27-17-19(31-33-21-7-3-4-8-22(21)34-31)11-13-25(27)41-29(37)15-16-30(38)42-26-14-12-20(18-28(26)40-2)32-35-23-9-5-6-10-24(23)36-32/h3-14,17-18H,15-16H2,1-2H3,(H,33,34)(H,35,36). The number of nitrogens with zero attached hydrogens (tertiary/aromatic N) is 2. The minimum Gasteiger partial charge on any atom is -0.493 e. The molecule has 2 heterocycles. The smallest absolute Gasteiger partial charge is 0.311 e. The van der Waals surface area contributed by atoms with Crippen LogP contribution in [0.5, 0.6) is 23.0 Å². The highest BCUT2D eigenvalue weighted by Crippen LogP contribution is 2.34. The maximum absolute atomic E-state index is 12.6. The maximum Gasteiger partial charge on any atom is 0.311 e. The summed E-state index contributed by atoms with van der Waals surface area (Å²) in [6.07, 6.45) is -0.376. The number of carbonyl (C=O) groups excluding carboxylic acids is 2. The number of methoxy groups -OCH3 is 2. The Morgan fingerprint density at radius 3 is 1.43 bits per heavy atom. The van der Waals surface area contributed by atoms with Gasteiger partial charge in [-0.1, -0.05) is 24.3 Å². The second-order valence-corrected chi connectivity index (χ2v) is 9.38. The van der Waals surface area contributed by atoms with E-state index < -0.39 is 11.9 Å². The molecule has 0 fully saturated rings. The molecule has 10 heteroatoms. The molecule has 6 aromatic rings. The molecule has 0 aliphatic heterocycles. The van der Waals surface area contributed by atoms with Crippen LogP contribution in [-0.2, 0) is 9.59 Å². The van der Waals surface area contributed by atoms with Crippen LogP contribution in [-0.4, -0.2) is 46.1 Å². The summed E-state index contributed by atoms with van der Waals surface area (Å²) in [4.78, 5) is 40.8. The molecule has 0 amide bonds.